The average molecular weight is 322 g/mol. The van der Waals surface area contributed by atoms with Gasteiger partial charge in [0.1, 0.15) is 11.5 Å². The summed E-state index contributed by atoms with van der Waals surface area (Å²) in [6.45, 7) is 2.23. The van der Waals surface area contributed by atoms with E-state index < -0.39 is 0 Å². The summed E-state index contributed by atoms with van der Waals surface area (Å²) in [5, 5.41) is 16.6. The first-order valence-electron chi connectivity index (χ1n) is 7.66. The number of aliphatic hydroxyl groups excluding tert-OH is 1. The monoisotopic (exact) mass is 322 g/mol. The number of amides is 1. The Balaban J connectivity index is 1.92. The summed E-state index contributed by atoms with van der Waals surface area (Å²) >= 11 is 0. The molecule has 2 heterocycles. The molecule has 3 aromatic rings. The highest BCUT2D eigenvalue weighted by Crippen LogP contribution is 2.25. The first-order chi connectivity index (χ1) is 11.7. The van der Waals surface area contributed by atoms with Crippen LogP contribution in [0.15, 0.2) is 54.7 Å². The van der Waals surface area contributed by atoms with Gasteiger partial charge in [0.2, 0.25) is 0 Å². The quantitative estimate of drug-likeness (QED) is 0.756. The van der Waals surface area contributed by atoms with Gasteiger partial charge in [0.25, 0.3) is 5.91 Å². The summed E-state index contributed by atoms with van der Waals surface area (Å²) in [6, 6.07) is 14.8. The number of carbonyl (C=O) groups excluding carboxylic acids is 1. The molecule has 0 aliphatic heterocycles. The van der Waals surface area contributed by atoms with Crippen LogP contribution in [0.3, 0.4) is 0 Å². The van der Waals surface area contributed by atoms with Crippen molar-refractivity contribution < 1.29 is 9.90 Å². The Morgan fingerprint density at radius 2 is 2.00 bits per heavy atom. The van der Waals surface area contributed by atoms with Crippen LogP contribution in [0.25, 0.3) is 11.3 Å². The number of nitrogens with zero attached hydrogens (tertiary/aromatic N) is 3. The lowest BCUT2D eigenvalue weighted by Gasteiger charge is -2.06. The average Bonchev–Trinajstić information content (AvgIpc) is 2.99. The van der Waals surface area contributed by atoms with E-state index in [1.807, 2.05) is 31.2 Å². The van der Waals surface area contributed by atoms with Crippen LogP contribution in [-0.2, 0) is 6.54 Å². The predicted molar refractivity (Wildman–Crippen MR) is 91.7 cm³/mol. The third-order valence-electron chi connectivity index (χ3n) is 3.65. The summed E-state index contributed by atoms with van der Waals surface area (Å²) in [6.07, 6.45) is 1.57. The van der Waals surface area contributed by atoms with Crippen molar-refractivity contribution in [2.45, 2.75) is 13.5 Å². The van der Waals surface area contributed by atoms with Crippen molar-refractivity contribution in [3.05, 3.63) is 66.0 Å². The van der Waals surface area contributed by atoms with Gasteiger partial charge in [-0.3, -0.25) is 9.78 Å². The summed E-state index contributed by atoms with van der Waals surface area (Å²) in [7, 11) is 0. The second-order valence-electron chi connectivity index (χ2n) is 5.35. The standard InChI is InChI=1S/C18H18N4O2/c1-13-6-2-3-7-14(13)16-12-17(22(21-16)10-11-23)20-18(24)15-8-4-5-9-19-15/h2-9,12,23H,10-11H2,1H3,(H,20,24). The van der Waals surface area contributed by atoms with E-state index in [9.17, 15) is 9.90 Å². The van der Waals surface area contributed by atoms with Crippen LogP contribution in [0.2, 0.25) is 0 Å². The normalized spacial score (nSPS) is 10.6. The van der Waals surface area contributed by atoms with Crippen LogP contribution >= 0.6 is 0 Å². The number of aryl methyl sites for hydroxylation is 1. The molecule has 0 radical (unpaired) electrons. The molecule has 0 aliphatic carbocycles. The van der Waals surface area contributed by atoms with E-state index in [4.69, 9.17) is 0 Å². The van der Waals surface area contributed by atoms with E-state index in [1.54, 1.807) is 35.1 Å². The predicted octanol–water partition coefficient (Wildman–Crippen LogP) is 2.50. The molecular formula is C18H18N4O2. The number of anilines is 1. The molecule has 122 valence electrons. The highest BCUT2D eigenvalue weighted by molar-refractivity contribution is 6.02. The zero-order valence-corrected chi connectivity index (χ0v) is 13.3. The van der Waals surface area contributed by atoms with E-state index in [1.165, 1.54) is 0 Å². The third-order valence-corrected chi connectivity index (χ3v) is 3.65. The molecule has 0 saturated carbocycles. The van der Waals surface area contributed by atoms with Crippen LogP contribution < -0.4 is 5.32 Å². The maximum Gasteiger partial charge on any atom is 0.275 e. The van der Waals surface area contributed by atoms with Crippen LogP contribution in [0, 0.1) is 6.92 Å². The van der Waals surface area contributed by atoms with Crippen molar-refractivity contribution in [3.63, 3.8) is 0 Å². The van der Waals surface area contributed by atoms with E-state index in [-0.39, 0.29) is 12.5 Å². The van der Waals surface area contributed by atoms with Crippen molar-refractivity contribution >= 4 is 11.7 Å². The van der Waals surface area contributed by atoms with E-state index in [0.717, 1.165) is 16.8 Å². The third kappa shape index (κ3) is 3.33. The van der Waals surface area contributed by atoms with Crippen molar-refractivity contribution in [2.75, 3.05) is 11.9 Å². The maximum absolute atomic E-state index is 12.3. The zero-order chi connectivity index (χ0) is 16.9. The zero-order valence-electron chi connectivity index (χ0n) is 13.3. The molecule has 24 heavy (non-hydrogen) atoms. The first-order valence-corrected chi connectivity index (χ1v) is 7.66. The van der Waals surface area contributed by atoms with Gasteiger partial charge < -0.3 is 10.4 Å². The van der Waals surface area contributed by atoms with Gasteiger partial charge in [0, 0.05) is 17.8 Å². The number of pyridine rings is 1. The number of hydrogen-bond donors (Lipinski definition) is 2. The Labute approximate surface area is 139 Å². The first kappa shape index (κ1) is 15.9. The molecule has 0 saturated heterocycles. The van der Waals surface area contributed by atoms with Crippen LogP contribution in [-0.4, -0.2) is 32.4 Å². The molecule has 3 rings (SSSR count). The lowest BCUT2D eigenvalue weighted by molar-refractivity contribution is 0.102. The molecule has 1 amide bonds. The Morgan fingerprint density at radius 1 is 1.21 bits per heavy atom. The summed E-state index contributed by atoms with van der Waals surface area (Å²) in [4.78, 5) is 16.3. The van der Waals surface area contributed by atoms with Gasteiger partial charge in [-0.1, -0.05) is 30.3 Å². The van der Waals surface area contributed by atoms with E-state index >= 15 is 0 Å². The number of aromatic nitrogens is 3. The van der Waals surface area contributed by atoms with Gasteiger partial charge in [-0.15, -0.1) is 0 Å². The minimum atomic E-state index is -0.314. The molecule has 6 heteroatoms. The van der Waals surface area contributed by atoms with Crippen molar-refractivity contribution in [1.29, 1.82) is 0 Å². The van der Waals surface area contributed by atoms with Gasteiger partial charge in [0.15, 0.2) is 0 Å². The largest absolute Gasteiger partial charge is 0.394 e. The molecule has 6 nitrogen and oxygen atoms in total. The number of nitrogens with one attached hydrogen (secondary N) is 1. The number of hydrogen-bond acceptors (Lipinski definition) is 4. The fraction of sp³-hybridized carbons (Fsp3) is 0.167. The minimum absolute atomic E-state index is 0.0681. The molecular weight excluding hydrogens is 304 g/mol. The lowest BCUT2D eigenvalue weighted by Crippen LogP contribution is -2.17. The Kier molecular flexibility index (Phi) is 4.67. The van der Waals surface area contributed by atoms with E-state index in [0.29, 0.717) is 18.1 Å². The molecule has 0 aliphatic rings. The van der Waals surface area contributed by atoms with Crippen molar-refractivity contribution in [3.8, 4) is 11.3 Å². The van der Waals surface area contributed by atoms with Crippen molar-refractivity contribution in [1.82, 2.24) is 14.8 Å². The molecule has 0 spiro atoms. The van der Waals surface area contributed by atoms with Crippen LogP contribution in [0.5, 0.6) is 0 Å². The topological polar surface area (TPSA) is 80.0 Å². The lowest BCUT2D eigenvalue weighted by atomic mass is 10.1. The fourth-order valence-electron chi connectivity index (χ4n) is 2.45. The smallest absolute Gasteiger partial charge is 0.275 e. The van der Waals surface area contributed by atoms with Gasteiger partial charge in [-0.25, -0.2) is 4.68 Å². The van der Waals surface area contributed by atoms with Crippen LogP contribution in [0.1, 0.15) is 16.1 Å². The summed E-state index contributed by atoms with van der Waals surface area (Å²) in [5.74, 6) is 0.212. The molecule has 1 aromatic carbocycles. The number of rotatable bonds is 5. The maximum atomic E-state index is 12.3. The Morgan fingerprint density at radius 3 is 2.71 bits per heavy atom. The molecule has 0 atom stereocenters. The Bertz CT molecular complexity index is 843. The van der Waals surface area contributed by atoms with Crippen molar-refractivity contribution in [2.24, 2.45) is 0 Å². The minimum Gasteiger partial charge on any atom is -0.394 e. The Hall–Kier alpha value is -2.99. The fourth-order valence-corrected chi connectivity index (χ4v) is 2.45. The number of carbonyl (C=O) groups is 1. The SMILES string of the molecule is Cc1ccccc1-c1cc(NC(=O)c2ccccn2)n(CCO)n1. The molecule has 0 unspecified atom stereocenters. The molecule has 2 aromatic heterocycles. The summed E-state index contributed by atoms with van der Waals surface area (Å²) in [5.41, 5.74) is 3.15. The molecule has 0 bridgehead atoms. The second kappa shape index (κ2) is 7.06. The highest BCUT2D eigenvalue weighted by Gasteiger charge is 2.14. The van der Waals surface area contributed by atoms with Crippen LogP contribution in [0.4, 0.5) is 5.82 Å². The highest BCUT2D eigenvalue weighted by atomic mass is 16.3. The van der Waals surface area contributed by atoms with Gasteiger partial charge in [-0.05, 0) is 24.6 Å². The van der Waals surface area contributed by atoms with Gasteiger partial charge in [-0.2, -0.15) is 5.10 Å². The van der Waals surface area contributed by atoms with Gasteiger partial charge >= 0.3 is 0 Å². The van der Waals surface area contributed by atoms with Gasteiger partial charge in [0.05, 0.1) is 18.8 Å². The number of benzene rings is 1. The summed E-state index contributed by atoms with van der Waals surface area (Å²) < 4.78 is 1.59. The molecule has 0 fully saturated rings. The van der Waals surface area contributed by atoms with E-state index in [2.05, 4.69) is 15.4 Å². The number of aliphatic hydroxyl groups is 1. The molecule has 2 N–H and O–H groups in total. The second-order valence-corrected chi connectivity index (χ2v) is 5.35.